The molecule has 0 unspecified atom stereocenters. The van der Waals surface area contributed by atoms with E-state index in [-0.39, 0.29) is 5.91 Å². The van der Waals surface area contributed by atoms with Crippen molar-refractivity contribution in [1.82, 2.24) is 9.80 Å². The van der Waals surface area contributed by atoms with Gasteiger partial charge in [0.25, 0.3) is 5.91 Å². The molecular formula is C11H12N2OS2. The third-order valence-electron chi connectivity index (χ3n) is 2.47. The predicted molar refractivity (Wildman–Crippen MR) is 70.0 cm³/mol. The Hall–Kier alpha value is -1.20. The molecule has 1 aromatic rings. The molecule has 1 aliphatic heterocycles. The maximum absolute atomic E-state index is 11.9. The van der Waals surface area contributed by atoms with E-state index in [2.05, 4.69) is 0 Å². The van der Waals surface area contributed by atoms with Crippen LogP contribution in [0.2, 0.25) is 0 Å². The van der Waals surface area contributed by atoms with Crippen LogP contribution in [-0.4, -0.2) is 34.4 Å². The molecule has 0 spiro atoms. The average Bonchev–Trinajstić information content (AvgIpc) is 2.84. The van der Waals surface area contributed by atoms with E-state index in [0.29, 0.717) is 17.4 Å². The van der Waals surface area contributed by atoms with Gasteiger partial charge in [0.1, 0.15) is 5.70 Å². The fourth-order valence-electron chi connectivity index (χ4n) is 1.61. The maximum Gasteiger partial charge on any atom is 0.276 e. The van der Waals surface area contributed by atoms with Gasteiger partial charge in [-0.15, -0.1) is 11.3 Å². The van der Waals surface area contributed by atoms with Gasteiger partial charge in [0, 0.05) is 18.5 Å². The molecule has 1 fully saturated rings. The van der Waals surface area contributed by atoms with E-state index < -0.39 is 0 Å². The molecule has 84 valence electrons. The van der Waals surface area contributed by atoms with Crippen LogP contribution in [0.25, 0.3) is 6.08 Å². The Balaban J connectivity index is 2.39. The van der Waals surface area contributed by atoms with Gasteiger partial charge in [-0.05, 0) is 36.7 Å². The Kier molecular flexibility index (Phi) is 3.07. The van der Waals surface area contributed by atoms with Crippen molar-refractivity contribution in [1.29, 1.82) is 0 Å². The molecule has 5 heteroatoms. The maximum atomic E-state index is 11.9. The van der Waals surface area contributed by atoms with Crippen molar-refractivity contribution in [2.45, 2.75) is 6.92 Å². The minimum atomic E-state index is -0.0275. The lowest BCUT2D eigenvalue weighted by Gasteiger charge is -2.15. The first-order chi connectivity index (χ1) is 7.65. The lowest BCUT2D eigenvalue weighted by molar-refractivity contribution is -0.121. The molecule has 16 heavy (non-hydrogen) atoms. The van der Waals surface area contributed by atoms with Crippen molar-refractivity contribution < 1.29 is 4.79 Å². The van der Waals surface area contributed by atoms with Crippen LogP contribution in [0.15, 0.2) is 23.2 Å². The largest absolute Gasteiger partial charge is 0.314 e. The third kappa shape index (κ3) is 1.76. The quantitative estimate of drug-likeness (QED) is 0.595. The number of carbonyl (C=O) groups excluding carboxylic acids is 1. The first-order valence-corrected chi connectivity index (χ1v) is 6.28. The summed E-state index contributed by atoms with van der Waals surface area (Å²) < 4.78 is 0. The summed E-state index contributed by atoms with van der Waals surface area (Å²) in [6, 6.07) is 3.95. The van der Waals surface area contributed by atoms with Crippen LogP contribution in [0.5, 0.6) is 0 Å². The minimum Gasteiger partial charge on any atom is -0.314 e. The molecule has 0 bridgehead atoms. The van der Waals surface area contributed by atoms with Crippen LogP contribution in [0.3, 0.4) is 0 Å². The Morgan fingerprint density at radius 1 is 1.56 bits per heavy atom. The molecule has 0 radical (unpaired) electrons. The summed E-state index contributed by atoms with van der Waals surface area (Å²) in [5.74, 6) is -0.0275. The van der Waals surface area contributed by atoms with Gasteiger partial charge in [0.15, 0.2) is 5.11 Å². The summed E-state index contributed by atoms with van der Waals surface area (Å²) in [6.07, 6.45) is 1.90. The number of thiophene rings is 1. The highest BCUT2D eigenvalue weighted by Crippen LogP contribution is 2.23. The van der Waals surface area contributed by atoms with Gasteiger partial charge >= 0.3 is 0 Å². The Morgan fingerprint density at radius 2 is 2.31 bits per heavy atom. The molecule has 1 aromatic heterocycles. The third-order valence-corrected chi connectivity index (χ3v) is 3.78. The molecule has 0 aromatic carbocycles. The topological polar surface area (TPSA) is 23.6 Å². The number of hydrogen-bond donors (Lipinski definition) is 0. The van der Waals surface area contributed by atoms with E-state index in [1.165, 1.54) is 4.90 Å². The predicted octanol–water partition coefficient (Wildman–Crippen LogP) is 2.17. The van der Waals surface area contributed by atoms with Gasteiger partial charge in [0.2, 0.25) is 0 Å². The number of likely N-dealkylation sites (N-methyl/N-ethyl adjacent to an activating group) is 2. The summed E-state index contributed by atoms with van der Waals surface area (Å²) >= 11 is 6.82. The standard InChI is InChI=1S/C11H12N2OS2/c1-3-13-9(7-8-5-4-6-16-8)10(14)12(2)11(13)15/h4-7H,3H2,1-2H3. The number of carbonyl (C=O) groups is 1. The lowest BCUT2D eigenvalue weighted by atomic mass is 10.3. The molecule has 3 nitrogen and oxygen atoms in total. The summed E-state index contributed by atoms with van der Waals surface area (Å²) in [4.78, 5) is 16.4. The monoisotopic (exact) mass is 252 g/mol. The van der Waals surface area contributed by atoms with E-state index in [0.717, 1.165) is 4.88 Å². The molecule has 1 saturated heterocycles. The number of thiocarbonyl (C=S) groups is 1. The second-order valence-corrected chi connectivity index (χ2v) is 4.78. The average molecular weight is 252 g/mol. The van der Waals surface area contributed by atoms with Gasteiger partial charge in [-0.2, -0.15) is 0 Å². The van der Waals surface area contributed by atoms with E-state index in [4.69, 9.17) is 12.2 Å². The van der Waals surface area contributed by atoms with Crippen molar-refractivity contribution in [3.8, 4) is 0 Å². The lowest BCUT2D eigenvalue weighted by Crippen LogP contribution is -2.29. The second-order valence-electron chi connectivity index (χ2n) is 3.44. The highest BCUT2D eigenvalue weighted by atomic mass is 32.1. The number of nitrogens with zero attached hydrogens (tertiary/aromatic N) is 2. The van der Waals surface area contributed by atoms with Gasteiger partial charge in [-0.1, -0.05) is 6.07 Å². The van der Waals surface area contributed by atoms with Crippen LogP contribution in [0.1, 0.15) is 11.8 Å². The van der Waals surface area contributed by atoms with Gasteiger partial charge in [-0.25, -0.2) is 0 Å². The van der Waals surface area contributed by atoms with Crippen LogP contribution < -0.4 is 0 Å². The summed E-state index contributed by atoms with van der Waals surface area (Å²) in [5.41, 5.74) is 0.664. The van der Waals surface area contributed by atoms with Gasteiger partial charge < -0.3 is 4.90 Å². The highest BCUT2D eigenvalue weighted by molar-refractivity contribution is 7.80. The zero-order valence-corrected chi connectivity index (χ0v) is 10.8. The van der Waals surface area contributed by atoms with Crippen LogP contribution in [-0.2, 0) is 4.79 Å². The first-order valence-electron chi connectivity index (χ1n) is 5.00. The number of rotatable bonds is 2. The zero-order valence-electron chi connectivity index (χ0n) is 9.14. The number of amides is 1. The van der Waals surface area contributed by atoms with E-state index in [1.807, 2.05) is 35.4 Å². The molecule has 1 amide bonds. The van der Waals surface area contributed by atoms with Crippen LogP contribution >= 0.6 is 23.6 Å². The molecule has 2 heterocycles. The summed E-state index contributed by atoms with van der Waals surface area (Å²) in [7, 11) is 1.71. The van der Waals surface area contributed by atoms with Crippen LogP contribution in [0, 0.1) is 0 Å². The Bertz CT molecular complexity index is 451. The zero-order chi connectivity index (χ0) is 11.7. The smallest absolute Gasteiger partial charge is 0.276 e. The Morgan fingerprint density at radius 3 is 2.88 bits per heavy atom. The summed E-state index contributed by atoms with van der Waals surface area (Å²) in [6.45, 7) is 2.70. The molecule has 1 aliphatic rings. The SMILES string of the molecule is CCN1C(=S)N(C)C(=O)C1=Cc1cccs1. The highest BCUT2D eigenvalue weighted by Gasteiger charge is 2.34. The van der Waals surface area contributed by atoms with Crippen molar-refractivity contribution in [3.63, 3.8) is 0 Å². The molecule has 0 aliphatic carbocycles. The molecular weight excluding hydrogens is 240 g/mol. The van der Waals surface area contributed by atoms with E-state index in [9.17, 15) is 4.79 Å². The molecule has 0 atom stereocenters. The molecule has 0 N–H and O–H groups in total. The fraction of sp³-hybridized carbons (Fsp3) is 0.273. The molecule has 0 saturated carbocycles. The van der Waals surface area contributed by atoms with Crippen molar-refractivity contribution in [3.05, 3.63) is 28.1 Å². The normalized spacial score (nSPS) is 19.0. The first kappa shape index (κ1) is 11.3. The Labute approximate surface area is 104 Å². The van der Waals surface area contributed by atoms with Gasteiger partial charge in [0.05, 0.1) is 0 Å². The van der Waals surface area contributed by atoms with Crippen molar-refractivity contribution >= 4 is 40.7 Å². The second kappa shape index (κ2) is 4.35. The number of hydrogen-bond acceptors (Lipinski definition) is 3. The van der Waals surface area contributed by atoms with Crippen molar-refractivity contribution in [2.75, 3.05) is 13.6 Å². The molecule has 2 rings (SSSR count). The summed E-state index contributed by atoms with van der Waals surface area (Å²) in [5, 5.41) is 2.57. The van der Waals surface area contributed by atoms with Gasteiger partial charge in [-0.3, -0.25) is 9.69 Å². The fourth-order valence-corrected chi connectivity index (χ4v) is 2.57. The van der Waals surface area contributed by atoms with Crippen molar-refractivity contribution in [2.24, 2.45) is 0 Å². The minimum absolute atomic E-state index is 0.0275. The van der Waals surface area contributed by atoms with Crippen LogP contribution in [0.4, 0.5) is 0 Å². The van der Waals surface area contributed by atoms with E-state index in [1.54, 1.807) is 18.4 Å². The van der Waals surface area contributed by atoms with E-state index >= 15 is 0 Å².